The number of carbonyl (C=O) groups is 3. The molecule has 0 saturated heterocycles. The molecule has 0 fully saturated rings. The highest BCUT2D eigenvalue weighted by Gasteiger charge is 2.25. The lowest BCUT2D eigenvalue weighted by atomic mass is 10.0. The number of rotatable bonds is 52. The number of unbranched alkanes of at least 4 members (excludes halogenated alkanes) is 31. The van der Waals surface area contributed by atoms with Gasteiger partial charge in [0.05, 0.1) is 34.4 Å². The van der Waals surface area contributed by atoms with Gasteiger partial charge in [0.25, 0.3) is 6.29 Å². The molecule has 0 spiro atoms. The van der Waals surface area contributed by atoms with Crippen LogP contribution in [0.25, 0.3) is 0 Å². The van der Waals surface area contributed by atoms with Crippen molar-refractivity contribution in [1.29, 1.82) is 0 Å². The van der Waals surface area contributed by atoms with Crippen LogP contribution < -0.4 is 0 Å². The Morgan fingerprint density at radius 2 is 0.821 bits per heavy atom. The Hall–Kier alpha value is -2.49. The van der Waals surface area contributed by atoms with Gasteiger partial charge in [-0.3, -0.25) is 9.59 Å². The number of quaternary nitrogens is 1. The summed E-state index contributed by atoms with van der Waals surface area (Å²) in [6.07, 6.45) is 56.7. The summed E-state index contributed by atoms with van der Waals surface area (Å²) in [5.74, 6) is -2.01. The molecular formula is C58H108NO8+. The molecule has 0 aromatic heterocycles. The van der Waals surface area contributed by atoms with Crippen LogP contribution in [0.4, 0.5) is 0 Å². The first-order valence-corrected chi connectivity index (χ1v) is 28.2. The van der Waals surface area contributed by atoms with E-state index in [1.54, 1.807) is 0 Å². The molecule has 67 heavy (non-hydrogen) atoms. The summed E-state index contributed by atoms with van der Waals surface area (Å²) in [6, 6.07) is 0. The van der Waals surface area contributed by atoms with Crippen molar-refractivity contribution in [3.63, 3.8) is 0 Å². The van der Waals surface area contributed by atoms with E-state index in [0.717, 1.165) is 70.6 Å². The van der Waals surface area contributed by atoms with Crippen LogP contribution in [0, 0.1) is 0 Å². The van der Waals surface area contributed by atoms with Gasteiger partial charge < -0.3 is 28.5 Å². The van der Waals surface area contributed by atoms with Crippen molar-refractivity contribution in [2.75, 3.05) is 47.5 Å². The normalized spacial score (nSPS) is 13.0. The zero-order valence-electron chi connectivity index (χ0n) is 44.6. The Labute approximate surface area is 413 Å². The maximum atomic E-state index is 12.8. The number of carboxylic acid groups (broad SMARTS) is 1. The van der Waals surface area contributed by atoms with Crippen molar-refractivity contribution >= 4 is 17.9 Å². The Bertz CT molecular complexity index is 1190. The van der Waals surface area contributed by atoms with Gasteiger partial charge in [0, 0.05) is 12.8 Å². The van der Waals surface area contributed by atoms with Gasteiger partial charge >= 0.3 is 17.9 Å². The topological polar surface area (TPSA) is 108 Å². The molecule has 392 valence electrons. The molecule has 0 aliphatic carbocycles. The van der Waals surface area contributed by atoms with Gasteiger partial charge in [-0.15, -0.1) is 0 Å². The van der Waals surface area contributed by atoms with Crippen LogP contribution in [0.5, 0.6) is 0 Å². The molecule has 0 aromatic carbocycles. The number of hydrogen-bond donors (Lipinski definition) is 1. The fourth-order valence-electron chi connectivity index (χ4n) is 7.97. The summed E-state index contributed by atoms with van der Waals surface area (Å²) in [5, 5.41) is 9.67. The molecular weight excluding hydrogens is 839 g/mol. The van der Waals surface area contributed by atoms with Gasteiger partial charge in [-0.25, -0.2) is 4.79 Å². The predicted molar refractivity (Wildman–Crippen MR) is 281 cm³/mol. The molecule has 9 nitrogen and oxygen atoms in total. The number of allylic oxidation sites excluding steroid dienone is 6. The van der Waals surface area contributed by atoms with Crippen molar-refractivity contribution in [2.24, 2.45) is 0 Å². The number of carbonyl (C=O) groups excluding carboxylic acids is 2. The van der Waals surface area contributed by atoms with E-state index in [0.29, 0.717) is 17.4 Å². The second kappa shape index (κ2) is 49.9. The van der Waals surface area contributed by atoms with Crippen molar-refractivity contribution in [3.05, 3.63) is 36.5 Å². The number of aliphatic carboxylic acids is 1. The van der Waals surface area contributed by atoms with Crippen molar-refractivity contribution in [3.8, 4) is 0 Å². The Morgan fingerprint density at radius 3 is 1.24 bits per heavy atom. The van der Waals surface area contributed by atoms with Gasteiger partial charge in [0.15, 0.2) is 6.10 Å². The van der Waals surface area contributed by atoms with Gasteiger partial charge in [-0.1, -0.05) is 217 Å². The Balaban J connectivity index is 4.06. The minimum atomic E-state index is -1.51. The van der Waals surface area contributed by atoms with E-state index in [1.807, 2.05) is 21.1 Å². The maximum Gasteiger partial charge on any atom is 0.361 e. The monoisotopic (exact) mass is 947 g/mol. The van der Waals surface area contributed by atoms with Gasteiger partial charge in [0.2, 0.25) is 0 Å². The van der Waals surface area contributed by atoms with Crippen molar-refractivity contribution < 1.29 is 42.9 Å². The molecule has 0 saturated carbocycles. The first-order chi connectivity index (χ1) is 32.6. The lowest BCUT2D eigenvalue weighted by Crippen LogP contribution is -2.40. The number of esters is 2. The minimum Gasteiger partial charge on any atom is -0.477 e. The van der Waals surface area contributed by atoms with Crippen LogP contribution in [-0.4, -0.2) is 87.4 Å². The molecule has 0 aliphatic rings. The first kappa shape index (κ1) is 64.5. The third kappa shape index (κ3) is 51.2. The number of carboxylic acids is 1. The summed E-state index contributed by atoms with van der Waals surface area (Å²) in [5.41, 5.74) is 0. The van der Waals surface area contributed by atoms with E-state index < -0.39 is 24.3 Å². The highest BCUT2D eigenvalue weighted by atomic mass is 16.7. The standard InChI is InChI=1S/C58H107NO8/c1-6-8-10-12-14-16-18-19-20-21-22-23-24-25-26-27-28-29-30-31-32-33-34-35-36-37-39-41-43-45-47-49-56(61)67-54(53-66-58(57(62)63)64-51-50-59(3,4)5)52-65-55(60)48-46-44-42-40-38-17-15-13-11-9-7-2/h13,15,18-19,21-22,54,58H,6-12,14,16-17,20,23-53H2,1-5H3/p+1/b15-13-,19-18-,22-21-. The van der Waals surface area contributed by atoms with E-state index in [2.05, 4.69) is 50.3 Å². The van der Waals surface area contributed by atoms with Crippen LogP contribution in [-0.2, 0) is 33.3 Å². The molecule has 0 aliphatic heterocycles. The molecule has 0 heterocycles. The Kier molecular flexibility index (Phi) is 48.1. The van der Waals surface area contributed by atoms with Crippen LogP contribution in [0.15, 0.2) is 36.5 Å². The molecule has 2 atom stereocenters. The minimum absolute atomic E-state index is 0.183. The Morgan fingerprint density at radius 1 is 0.448 bits per heavy atom. The molecule has 0 radical (unpaired) electrons. The summed E-state index contributed by atoms with van der Waals surface area (Å²) in [7, 11) is 5.96. The molecule has 0 bridgehead atoms. The smallest absolute Gasteiger partial charge is 0.361 e. The van der Waals surface area contributed by atoms with E-state index in [1.165, 1.54) is 161 Å². The quantitative estimate of drug-likeness (QED) is 0.0211. The highest BCUT2D eigenvalue weighted by Crippen LogP contribution is 2.17. The zero-order valence-corrected chi connectivity index (χ0v) is 44.6. The fraction of sp³-hybridized carbons (Fsp3) is 0.845. The lowest BCUT2D eigenvalue weighted by Gasteiger charge is -2.25. The summed E-state index contributed by atoms with van der Waals surface area (Å²) in [6.45, 7) is 4.84. The van der Waals surface area contributed by atoms with Crippen molar-refractivity contribution in [2.45, 2.75) is 270 Å². The molecule has 0 amide bonds. The molecule has 0 rings (SSSR count). The lowest BCUT2D eigenvalue weighted by molar-refractivity contribution is -0.870. The fourth-order valence-corrected chi connectivity index (χ4v) is 7.97. The third-order valence-corrected chi connectivity index (χ3v) is 12.4. The molecule has 9 heteroatoms. The van der Waals surface area contributed by atoms with Crippen LogP contribution in [0.2, 0.25) is 0 Å². The van der Waals surface area contributed by atoms with E-state index in [9.17, 15) is 19.5 Å². The van der Waals surface area contributed by atoms with Crippen molar-refractivity contribution in [1.82, 2.24) is 0 Å². The largest absolute Gasteiger partial charge is 0.477 e. The molecule has 0 aromatic rings. The SMILES string of the molecule is CCCC/C=C\CCCCCCCC(=O)OCC(COC(OCC[N+](C)(C)C)C(=O)O)OC(=O)CCCCCCCCCCCCCCCCCCCCC/C=C\C/C=C\CCCCCCC. The third-order valence-electron chi connectivity index (χ3n) is 12.4. The van der Waals surface area contributed by atoms with Gasteiger partial charge in [-0.05, 0) is 64.2 Å². The highest BCUT2D eigenvalue weighted by molar-refractivity contribution is 5.71. The summed E-state index contributed by atoms with van der Waals surface area (Å²) >= 11 is 0. The maximum absolute atomic E-state index is 12.8. The number of nitrogens with zero attached hydrogens (tertiary/aromatic N) is 1. The molecule has 1 N–H and O–H groups in total. The second-order valence-corrected chi connectivity index (χ2v) is 20.2. The zero-order chi connectivity index (χ0) is 49.2. The number of likely N-dealkylation sites (N-methyl/N-ethyl adjacent to an activating group) is 1. The summed E-state index contributed by atoms with van der Waals surface area (Å²) < 4.78 is 22.8. The number of ether oxygens (including phenoxy) is 4. The second-order valence-electron chi connectivity index (χ2n) is 20.2. The van der Waals surface area contributed by atoms with Gasteiger partial charge in [-0.2, -0.15) is 0 Å². The van der Waals surface area contributed by atoms with Gasteiger partial charge in [0.1, 0.15) is 13.2 Å². The predicted octanol–water partition coefficient (Wildman–Crippen LogP) is 16.1. The van der Waals surface area contributed by atoms with E-state index in [-0.39, 0.29) is 32.2 Å². The average molecular weight is 948 g/mol. The first-order valence-electron chi connectivity index (χ1n) is 28.2. The summed E-state index contributed by atoms with van der Waals surface area (Å²) in [4.78, 5) is 37.2. The van der Waals surface area contributed by atoms with E-state index >= 15 is 0 Å². The van der Waals surface area contributed by atoms with Crippen LogP contribution in [0.1, 0.15) is 258 Å². The van der Waals surface area contributed by atoms with Crippen LogP contribution in [0.3, 0.4) is 0 Å². The van der Waals surface area contributed by atoms with E-state index in [4.69, 9.17) is 18.9 Å². The number of hydrogen-bond acceptors (Lipinski definition) is 7. The average Bonchev–Trinajstić information content (AvgIpc) is 3.29. The van der Waals surface area contributed by atoms with Crippen LogP contribution >= 0.6 is 0 Å². The molecule has 2 unspecified atom stereocenters.